The maximum Gasteiger partial charge on any atom is 1.00 e. The number of hydrogen-bond acceptors (Lipinski definition) is 1. The Morgan fingerprint density at radius 2 is 1.77 bits per heavy atom. The number of nitrogens with zero attached hydrogens (tertiary/aromatic N) is 1. The SMILES string of the molecule is C/C=C(/[O-])[N-]c1ccccc1.[Li+].[Li+]. The molecule has 0 aliphatic heterocycles. The van der Waals surface area contributed by atoms with E-state index in [9.17, 15) is 5.11 Å². The van der Waals surface area contributed by atoms with E-state index < -0.39 is 0 Å². The summed E-state index contributed by atoms with van der Waals surface area (Å²) in [4.78, 5) is 0. The Morgan fingerprint density at radius 1 is 1.23 bits per heavy atom. The third-order valence-corrected chi connectivity index (χ3v) is 1.24. The smallest absolute Gasteiger partial charge is 0.889 e. The van der Waals surface area contributed by atoms with Crippen LogP contribution in [0.5, 0.6) is 0 Å². The van der Waals surface area contributed by atoms with Gasteiger partial charge in [-0.15, -0.1) is 11.8 Å². The molecule has 1 rings (SSSR count). The molecule has 1 aromatic carbocycles. The number of para-hydroxylation sites is 1. The fourth-order valence-corrected chi connectivity index (χ4v) is 0.694. The van der Waals surface area contributed by atoms with Gasteiger partial charge in [0.1, 0.15) is 0 Å². The molecule has 0 fully saturated rings. The second kappa shape index (κ2) is 8.36. The van der Waals surface area contributed by atoms with E-state index in [0.29, 0.717) is 5.69 Å². The molecule has 0 N–H and O–H groups in total. The first-order valence-electron chi connectivity index (χ1n) is 3.43. The Bertz CT molecular complexity index is 249. The molecule has 2 nitrogen and oxygen atoms in total. The zero-order valence-electron chi connectivity index (χ0n) is 8.32. The molecule has 0 unspecified atom stereocenters. The maximum atomic E-state index is 10.8. The predicted octanol–water partition coefficient (Wildman–Crippen LogP) is -4.08. The molecule has 58 valence electrons. The summed E-state index contributed by atoms with van der Waals surface area (Å²) in [5.41, 5.74) is 0.704. The van der Waals surface area contributed by atoms with Gasteiger partial charge >= 0.3 is 37.7 Å². The number of allylic oxidation sites excluding steroid dienone is 1. The Labute approximate surface area is 103 Å². The van der Waals surface area contributed by atoms with Crippen LogP contribution in [0.15, 0.2) is 42.3 Å². The van der Waals surface area contributed by atoms with E-state index in [2.05, 4.69) is 5.32 Å². The van der Waals surface area contributed by atoms with Gasteiger partial charge in [-0.05, 0) is 6.92 Å². The second-order valence-electron chi connectivity index (χ2n) is 2.07. The molecule has 1 aromatic rings. The van der Waals surface area contributed by atoms with Gasteiger partial charge in [0.05, 0.1) is 0 Å². The quantitative estimate of drug-likeness (QED) is 0.321. The zero-order chi connectivity index (χ0) is 8.10. The Hall–Kier alpha value is -0.245. The summed E-state index contributed by atoms with van der Waals surface area (Å²) in [6, 6.07) is 9.17. The fraction of sp³-hybridized carbons (Fsp3) is 0.111. The van der Waals surface area contributed by atoms with Crippen LogP contribution < -0.4 is 42.8 Å². The molecular formula is C9H9Li2NO. The first kappa shape index (κ1) is 15.2. The molecular weight excluding hydrogens is 152 g/mol. The van der Waals surface area contributed by atoms with E-state index in [0.717, 1.165) is 0 Å². The summed E-state index contributed by atoms with van der Waals surface area (Å²) in [5, 5.41) is 14.5. The molecule has 0 aliphatic rings. The van der Waals surface area contributed by atoms with Gasteiger partial charge in [-0.1, -0.05) is 30.3 Å². The molecule has 0 bridgehead atoms. The van der Waals surface area contributed by atoms with Gasteiger partial charge in [-0.2, -0.15) is 0 Å². The van der Waals surface area contributed by atoms with Crippen molar-refractivity contribution in [1.82, 2.24) is 0 Å². The first-order valence-corrected chi connectivity index (χ1v) is 3.43. The zero-order valence-corrected chi connectivity index (χ0v) is 8.32. The summed E-state index contributed by atoms with van der Waals surface area (Å²) in [6.07, 6.45) is 1.44. The van der Waals surface area contributed by atoms with Crippen molar-refractivity contribution in [2.24, 2.45) is 0 Å². The Kier molecular flexibility index (Phi) is 9.80. The summed E-state index contributed by atoms with van der Waals surface area (Å²) in [6.45, 7) is 1.68. The largest absolute Gasteiger partial charge is 1.00 e. The van der Waals surface area contributed by atoms with Crippen molar-refractivity contribution in [1.29, 1.82) is 0 Å². The van der Waals surface area contributed by atoms with Crippen LogP contribution in [0.1, 0.15) is 6.92 Å². The first-order chi connectivity index (χ1) is 5.33. The van der Waals surface area contributed by atoms with Gasteiger partial charge in [-0.25, -0.2) is 5.88 Å². The molecule has 0 heterocycles. The normalized spacial score (nSPS) is 9.46. The molecule has 0 aromatic heterocycles. The molecule has 0 spiro atoms. The van der Waals surface area contributed by atoms with Crippen molar-refractivity contribution in [3.8, 4) is 0 Å². The van der Waals surface area contributed by atoms with Crippen LogP contribution in [-0.4, -0.2) is 0 Å². The molecule has 13 heavy (non-hydrogen) atoms. The Morgan fingerprint density at radius 3 is 2.23 bits per heavy atom. The molecule has 0 saturated heterocycles. The van der Waals surface area contributed by atoms with Crippen molar-refractivity contribution in [2.45, 2.75) is 6.92 Å². The van der Waals surface area contributed by atoms with E-state index in [-0.39, 0.29) is 43.6 Å². The fourth-order valence-electron chi connectivity index (χ4n) is 0.694. The van der Waals surface area contributed by atoms with Crippen LogP contribution >= 0.6 is 0 Å². The minimum Gasteiger partial charge on any atom is -0.889 e. The average molecular weight is 161 g/mol. The third-order valence-electron chi connectivity index (χ3n) is 1.24. The van der Waals surface area contributed by atoms with E-state index in [4.69, 9.17) is 0 Å². The van der Waals surface area contributed by atoms with Gasteiger partial charge in [0, 0.05) is 0 Å². The Balaban J connectivity index is 0. The van der Waals surface area contributed by atoms with Crippen LogP contribution in [-0.2, 0) is 0 Å². The summed E-state index contributed by atoms with van der Waals surface area (Å²) in [5.74, 6) is -0.198. The van der Waals surface area contributed by atoms with Crippen LogP contribution in [0.25, 0.3) is 5.32 Å². The minimum atomic E-state index is -0.198. The van der Waals surface area contributed by atoms with Crippen LogP contribution in [0, 0.1) is 0 Å². The van der Waals surface area contributed by atoms with E-state index >= 15 is 0 Å². The average Bonchev–Trinajstić information content (AvgIpc) is 2.06. The number of rotatable bonds is 2. The molecule has 0 atom stereocenters. The van der Waals surface area contributed by atoms with Crippen molar-refractivity contribution >= 4 is 5.69 Å². The van der Waals surface area contributed by atoms with E-state index in [1.807, 2.05) is 18.2 Å². The van der Waals surface area contributed by atoms with Gasteiger partial charge in [0.2, 0.25) is 0 Å². The number of hydrogen-bond donors (Lipinski definition) is 0. The molecule has 0 aliphatic carbocycles. The van der Waals surface area contributed by atoms with Crippen LogP contribution in [0.3, 0.4) is 0 Å². The monoisotopic (exact) mass is 161 g/mol. The number of benzene rings is 1. The van der Waals surface area contributed by atoms with Gasteiger partial charge in [0.25, 0.3) is 0 Å². The predicted molar refractivity (Wildman–Crippen MR) is 43.2 cm³/mol. The molecule has 0 amide bonds. The van der Waals surface area contributed by atoms with E-state index in [1.165, 1.54) is 6.08 Å². The molecule has 4 heteroatoms. The van der Waals surface area contributed by atoms with Crippen molar-refractivity contribution in [3.05, 3.63) is 47.6 Å². The van der Waals surface area contributed by atoms with Gasteiger partial charge in [-0.3, -0.25) is 0 Å². The van der Waals surface area contributed by atoms with E-state index in [1.54, 1.807) is 19.1 Å². The van der Waals surface area contributed by atoms with Gasteiger partial charge < -0.3 is 10.4 Å². The van der Waals surface area contributed by atoms with Crippen molar-refractivity contribution < 1.29 is 42.8 Å². The van der Waals surface area contributed by atoms with Crippen molar-refractivity contribution in [2.75, 3.05) is 0 Å². The maximum absolute atomic E-state index is 10.8. The van der Waals surface area contributed by atoms with Crippen molar-refractivity contribution in [3.63, 3.8) is 0 Å². The summed E-state index contributed by atoms with van der Waals surface area (Å²) >= 11 is 0. The molecule has 0 saturated carbocycles. The third kappa shape index (κ3) is 5.91. The van der Waals surface area contributed by atoms with Gasteiger partial charge in [0.15, 0.2) is 0 Å². The topological polar surface area (TPSA) is 37.2 Å². The van der Waals surface area contributed by atoms with Crippen LogP contribution in [0.2, 0.25) is 0 Å². The summed E-state index contributed by atoms with van der Waals surface area (Å²) in [7, 11) is 0. The minimum absolute atomic E-state index is 0. The summed E-state index contributed by atoms with van der Waals surface area (Å²) < 4.78 is 0. The van der Waals surface area contributed by atoms with Crippen LogP contribution in [0.4, 0.5) is 5.69 Å². The molecule has 0 radical (unpaired) electrons. The standard InChI is InChI=1S/C9H10NO.2Li/c1-2-9(11)10-8-6-4-3-5-7-8;;/h2-7,11H,1H3;;/q-1;2*+1/p-1/b9-2+;;. The second-order valence-corrected chi connectivity index (χ2v) is 2.07.